The van der Waals surface area contributed by atoms with Crippen molar-refractivity contribution in [2.24, 2.45) is 51.2 Å². The lowest BCUT2D eigenvalue weighted by Gasteiger charge is -2.64. The number of halogens is 1. The molecule has 3 heteroatoms. The van der Waals surface area contributed by atoms with E-state index in [1.54, 1.807) is 0 Å². The highest BCUT2D eigenvalue weighted by molar-refractivity contribution is 5.89. The SMILES string of the molecule is CC(C)CCC[C@@H](C)[C@H]1C[C@H](F)[C@@]2(C)C3=CCC4C(C)(C)[C@@H](OC(=O)c5ccccc5)CC[C@]4(C)[C@H]3CC[C@]12C. The molecule has 2 nitrogen and oxygen atoms in total. The number of esters is 1. The molecule has 222 valence electrons. The van der Waals surface area contributed by atoms with E-state index in [1.165, 1.54) is 24.8 Å². The first-order chi connectivity index (χ1) is 18.8. The molecule has 9 atom stereocenters. The summed E-state index contributed by atoms with van der Waals surface area (Å²) in [4.78, 5) is 13.0. The zero-order valence-corrected chi connectivity index (χ0v) is 26.6. The van der Waals surface area contributed by atoms with Gasteiger partial charge in [-0.25, -0.2) is 9.18 Å². The van der Waals surface area contributed by atoms with Crippen molar-refractivity contribution in [3.63, 3.8) is 0 Å². The molecule has 1 aromatic rings. The second-order valence-electron chi connectivity index (χ2n) is 15.9. The molecule has 3 saturated carbocycles. The van der Waals surface area contributed by atoms with Crippen LogP contribution in [0.2, 0.25) is 0 Å². The summed E-state index contributed by atoms with van der Waals surface area (Å²) in [6, 6.07) is 9.39. The van der Waals surface area contributed by atoms with Crippen LogP contribution in [-0.2, 0) is 4.74 Å². The second kappa shape index (κ2) is 10.6. The molecule has 0 amide bonds. The van der Waals surface area contributed by atoms with Gasteiger partial charge in [-0.3, -0.25) is 0 Å². The molecule has 0 aromatic heterocycles. The number of carbonyl (C=O) groups excluding carboxylic acids is 1. The van der Waals surface area contributed by atoms with Crippen molar-refractivity contribution in [2.45, 2.75) is 125 Å². The van der Waals surface area contributed by atoms with E-state index in [9.17, 15) is 4.79 Å². The molecular weight excluding hydrogens is 495 g/mol. The third-order valence-electron chi connectivity index (χ3n) is 13.2. The standard InChI is InChI=1S/C37H55FO2/c1-24(2)13-12-14-25(3)29-23-31(38)37(8)28-17-18-30-34(4,5)32(40-33(39)26-15-10-9-11-16-26)20-21-35(30,6)27(28)19-22-36(29,37)7/h9-11,15-17,24-25,27,29-32H,12-14,18-23H2,1-8H3/t25-,27+,29-,30?,31+,32+,35-,36-,37-/m1/s1. The summed E-state index contributed by atoms with van der Waals surface area (Å²) in [5.41, 5.74) is 1.68. The Kier molecular flexibility index (Phi) is 7.88. The number of allylic oxidation sites excluding steroid dienone is 2. The van der Waals surface area contributed by atoms with E-state index >= 15 is 4.39 Å². The van der Waals surface area contributed by atoms with E-state index in [0.717, 1.165) is 44.4 Å². The number of hydrogen-bond donors (Lipinski definition) is 0. The molecule has 3 fully saturated rings. The first-order valence-electron chi connectivity index (χ1n) is 16.4. The summed E-state index contributed by atoms with van der Waals surface area (Å²) in [5, 5.41) is 0. The number of hydrogen-bond acceptors (Lipinski definition) is 2. The van der Waals surface area contributed by atoms with Crippen molar-refractivity contribution in [2.75, 3.05) is 0 Å². The Hall–Kier alpha value is -1.64. The largest absolute Gasteiger partial charge is 0.458 e. The predicted molar refractivity (Wildman–Crippen MR) is 163 cm³/mol. The second-order valence-corrected chi connectivity index (χ2v) is 15.9. The predicted octanol–water partition coefficient (Wildman–Crippen LogP) is 10.2. The maximum atomic E-state index is 16.5. The van der Waals surface area contributed by atoms with E-state index in [1.807, 2.05) is 30.3 Å². The molecule has 0 N–H and O–H groups in total. The summed E-state index contributed by atoms with van der Waals surface area (Å²) < 4.78 is 22.7. The number of fused-ring (bicyclic) bond motifs is 5. The van der Waals surface area contributed by atoms with Crippen LogP contribution in [0.5, 0.6) is 0 Å². The van der Waals surface area contributed by atoms with E-state index in [-0.39, 0.29) is 33.7 Å². The molecule has 4 aliphatic carbocycles. The Morgan fingerprint density at radius 3 is 2.38 bits per heavy atom. The molecule has 0 spiro atoms. The molecule has 5 rings (SSSR count). The van der Waals surface area contributed by atoms with Gasteiger partial charge in [0.1, 0.15) is 12.3 Å². The van der Waals surface area contributed by atoms with E-state index < -0.39 is 6.17 Å². The third kappa shape index (κ3) is 4.51. The smallest absolute Gasteiger partial charge is 0.338 e. The lowest BCUT2D eigenvalue weighted by atomic mass is 9.40. The van der Waals surface area contributed by atoms with Gasteiger partial charge in [0.15, 0.2) is 0 Å². The van der Waals surface area contributed by atoms with Gasteiger partial charge < -0.3 is 4.74 Å². The first kappa shape index (κ1) is 29.8. The molecule has 40 heavy (non-hydrogen) atoms. The van der Waals surface area contributed by atoms with Crippen LogP contribution < -0.4 is 0 Å². The van der Waals surface area contributed by atoms with Crippen LogP contribution in [0.3, 0.4) is 0 Å². The fourth-order valence-corrected chi connectivity index (χ4v) is 10.6. The molecular formula is C37H55FO2. The zero-order valence-electron chi connectivity index (χ0n) is 26.6. The lowest BCUT2D eigenvalue weighted by molar-refractivity contribution is -0.137. The minimum atomic E-state index is -0.763. The monoisotopic (exact) mass is 550 g/mol. The molecule has 1 aromatic carbocycles. The highest BCUT2D eigenvalue weighted by Crippen LogP contribution is 2.74. The third-order valence-corrected chi connectivity index (χ3v) is 13.2. The van der Waals surface area contributed by atoms with Crippen molar-refractivity contribution in [1.29, 1.82) is 0 Å². The maximum Gasteiger partial charge on any atom is 0.338 e. The first-order valence-corrected chi connectivity index (χ1v) is 16.4. The molecule has 0 heterocycles. The molecule has 0 radical (unpaired) electrons. The molecule has 0 bridgehead atoms. The highest BCUT2D eigenvalue weighted by Gasteiger charge is 2.69. The number of alkyl halides is 1. The number of carbonyl (C=O) groups is 1. The molecule has 0 aliphatic heterocycles. The van der Waals surface area contributed by atoms with E-state index in [2.05, 4.69) is 61.5 Å². The average molecular weight is 551 g/mol. The van der Waals surface area contributed by atoms with Crippen molar-refractivity contribution in [3.8, 4) is 0 Å². The molecule has 1 unspecified atom stereocenters. The van der Waals surface area contributed by atoms with Gasteiger partial charge in [0.2, 0.25) is 0 Å². The van der Waals surface area contributed by atoms with E-state index in [0.29, 0.717) is 29.2 Å². The average Bonchev–Trinajstić information content (AvgIpc) is 3.12. The summed E-state index contributed by atoms with van der Waals surface area (Å²) in [6.07, 6.45) is 11.3. The van der Waals surface area contributed by atoms with Crippen LogP contribution in [0, 0.1) is 51.2 Å². The Labute approximate surface area is 243 Å². The lowest BCUT2D eigenvalue weighted by Crippen LogP contribution is -2.59. The normalized spacial score (nSPS) is 41.0. The molecule has 4 aliphatic rings. The summed E-state index contributed by atoms with van der Waals surface area (Å²) >= 11 is 0. The Morgan fingerprint density at radius 2 is 1.70 bits per heavy atom. The Balaban J connectivity index is 1.39. The summed E-state index contributed by atoms with van der Waals surface area (Å²) in [6.45, 7) is 18.9. The van der Waals surface area contributed by atoms with Crippen molar-refractivity contribution in [3.05, 3.63) is 47.5 Å². The van der Waals surface area contributed by atoms with Crippen LogP contribution in [0.4, 0.5) is 4.39 Å². The van der Waals surface area contributed by atoms with Crippen molar-refractivity contribution >= 4 is 5.97 Å². The Bertz CT molecular complexity index is 1110. The fourth-order valence-electron chi connectivity index (χ4n) is 10.6. The van der Waals surface area contributed by atoms with Gasteiger partial charge in [-0.15, -0.1) is 0 Å². The number of ether oxygens (including phenoxy) is 1. The topological polar surface area (TPSA) is 26.3 Å². The van der Waals surface area contributed by atoms with Crippen molar-refractivity contribution in [1.82, 2.24) is 0 Å². The van der Waals surface area contributed by atoms with Gasteiger partial charge in [0.05, 0.1) is 5.56 Å². The van der Waals surface area contributed by atoms with Crippen molar-refractivity contribution < 1.29 is 13.9 Å². The van der Waals surface area contributed by atoms with Gasteiger partial charge in [-0.2, -0.15) is 0 Å². The number of benzene rings is 1. The summed E-state index contributed by atoms with van der Waals surface area (Å²) in [7, 11) is 0. The van der Waals surface area contributed by atoms with Crippen LogP contribution in [0.1, 0.15) is 124 Å². The van der Waals surface area contributed by atoms with Gasteiger partial charge in [0.25, 0.3) is 0 Å². The quantitative estimate of drug-likeness (QED) is 0.249. The van der Waals surface area contributed by atoms with Crippen LogP contribution >= 0.6 is 0 Å². The van der Waals surface area contributed by atoms with E-state index in [4.69, 9.17) is 4.74 Å². The highest BCUT2D eigenvalue weighted by atomic mass is 19.1. The van der Waals surface area contributed by atoms with Gasteiger partial charge >= 0.3 is 5.97 Å². The minimum absolute atomic E-state index is 0.0210. The fraction of sp³-hybridized carbons (Fsp3) is 0.757. The zero-order chi connectivity index (χ0) is 29.1. The Morgan fingerprint density at radius 1 is 1.00 bits per heavy atom. The van der Waals surface area contributed by atoms with Crippen LogP contribution in [-0.4, -0.2) is 18.2 Å². The van der Waals surface area contributed by atoms with Gasteiger partial charge in [-0.05, 0) is 91.1 Å². The summed E-state index contributed by atoms with van der Waals surface area (Å²) in [5.74, 6) is 2.38. The maximum absolute atomic E-state index is 16.5. The van der Waals surface area contributed by atoms with Gasteiger partial charge in [0, 0.05) is 10.8 Å². The number of rotatable bonds is 7. The van der Waals surface area contributed by atoms with Crippen LogP contribution in [0.15, 0.2) is 42.0 Å². The minimum Gasteiger partial charge on any atom is -0.458 e. The molecule has 0 saturated heterocycles. The van der Waals surface area contributed by atoms with Crippen LogP contribution in [0.25, 0.3) is 0 Å². The van der Waals surface area contributed by atoms with Gasteiger partial charge in [-0.1, -0.05) is 105 Å².